The summed E-state index contributed by atoms with van der Waals surface area (Å²) in [5, 5.41) is 0. The van der Waals surface area contributed by atoms with Crippen LogP contribution in [-0.4, -0.2) is 0 Å². The third-order valence-corrected chi connectivity index (χ3v) is 5.12. The van der Waals surface area contributed by atoms with Crippen molar-refractivity contribution < 1.29 is 34.1 Å². The van der Waals surface area contributed by atoms with Gasteiger partial charge in [-0.05, 0) is 0 Å². The minimum atomic E-state index is 0. The fourth-order valence-corrected chi connectivity index (χ4v) is 2.81. The molecule has 0 aromatic heterocycles. The summed E-state index contributed by atoms with van der Waals surface area (Å²) in [5.74, 6) is 0. The maximum atomic E-state index is 3.44. The van der Waals surface area contributed by atoms with Crippen LogP contribution in [0.5, 0.6) is 0 Å². The molecule has 0 aliphatic heterocycles. The molecule has 0 nitrogen and oxygen atoms in total. The van der Waals surface area contributed by atoms with E-state index in [-0.39, 0.29) is 45.0 Å². The molecule has 0 unspecified atom stereocenters. The minimum absolute atomic E-state index is 0. The molecule has 2 heteroatoms. The van der Waals surface area contributed by atoms with Crippen LogP contribution in [0, 0.1) is 23.0 Å². The molecule has 0 spiro atoms. The van der Waals surface area contributed by atoms with Crippen LogP contribution in [0.3, 0.4) is 0 Å². The van der Waals surface area contributed by atoms with Gasteiger partial charge in [-0.2, -0.15) is 22.3 Å². The molecule has 0 fully saturated rings. The first-order chi connectivity index (χ1) is 8.90. The number of allylic oxidation sites excluding steroid dienone is 8. The molecule has 2 aliphatic rings. The second kappa shape index (κ2) is 8.20. The van der Waals surface area contributed by atoms with E-state index in [0.29, 0.717) is 0 Å². The van der Waals surface area contributed by atoms with Crippen LogP contribution in [0.1, 0.15) is 69.2 Å². The van der Waals surface area contributed by atoms with Gasteiger partial charge >= 0.3 is 17.1 Å². The Morgan fingerprint density at radius 3 is 0.864 bits per heavy atom. The zero-order chi connectivity index (χ0) is 15.9. The van der Waals surface area contributed by atoms with Crippen LogP contribution in [0.4, 0.5) is 0 Å². The van der Waals surface area contributed by atoms with Gasteiger partial charge in [0.05, 0.1) is 0 Å². The van der Waals surface area contributed by atoms with Gasteiger partial charge < -0.3 is 0 Å². The van der Waals surface area contributed by atoms with Gasteiger partial charge in [0.2, 0.25) is 0 Å². The SMILES string of the molecule is CC1=[C-]C(C)(C)C(C)=C1C.CC1=[C-]C(C)(C)C(C)=C1C.[Cu+2].[Fe]. The van der Waals surface area contributed by atoms with E-state index in [9.17, 15) is 0 Å². The smallest absolute Gasteiger partial charge is 0.263 e. The van der Waals surface area contributed by atoms with Crippen molar-refractivity contribution in [3.05, 3.63) is 45.6 Å². The van der Waals surface area contributed by atoms with Crippen LogP contribution in [0.15, 0.2) is 33.4 Å². The summed E-state index contributed by atoms with van der Waals surface area (Å²) in [7, 11) is 0. The standard InChI is InChI=1S/2C10H15.Cu.Fe/c2*1-7-6-10(4,5)9(3)8(7)2;;/h2*1-5H3;;/q2*-1;+2;. The molecule has 0 atom stereocenters. The molecule has 1 radical (unpaired) electrons. The second-order valence-electron chi connectivity index (χ2n) is 7.25. The Hall–Kier alpha value is -0.00104. The fourth-order valence-electron chi connectivity index (χ4n) is 2.81. The molecule has 0 N–H and O–H groups in total. The summed E-state index contributed by atoms with van der Waals surface area (Å²) in [5.41, 5.74) is 8.79. The Balaban J connectivity index is 0. The molecule has 0 aromatic carbocycles. The van der Waals surface area contributed by atoms with E-state index in [0.717, 1.165) is 0 Å². The van der Waals surface area contributed by atoms with E-state index in [4.69, 9.17) is 0 Å². The zero-order valence-corrected chi connectivity index (χ0v) is 17.7. The summed E-state index contributed by atoms with van der Waals surface area (Å²) in [6.45, 7) is 21.8. The first-order valence-corrected chi connectivity index (χ1v) is 7.50. The Morgan fingerprint density at radius 1 is 0.591 bits per heavy atom. The number of rotatable bonds is 0. The average molecular weight is 390 g/mol. The van der Waals surface area contributed by atoms with Crippen LogP contribution in [-0.2, 0) is 34.1 Å². The Bertz CT molecular complexity index is 490. The molecule has 129 valence electrons. The maximum absolute atomic E-state index is 3.44. The van der Waals surface area contributed by atoms with Crippen LogP contribution in [0.25, 0.3) is 0 Å². The van der Waals surface area contributed by atoms with Gasteiger partial charge in [0, 0.05) is 17.1 Å². The predicted molar refractivity (Wildman–Crippen MR) is 89.2 cm³/mol. The molecule has 0 aromatic rings. The van der Waals surface area contributed by atoms with Gasteiger partial charge in [-0.25, -0.2) is 11.1 Å². The van der Waals surface area contributed by atoms with E-state index in [1.165, 1.54) is 33.4 Å². The van der Waals surface area contributed by atoms with Gasteiger partial charge in [-0.3, -0.25) is 12.2 Å². The minimum Gasteiger partial charge on any atom is -0.263 e. The number of hydrogen-bond donors (Lipinski definition) is 0. The van der Waals surface area contributed by atoms with E-state index >= 15 is 0 Å². The molecule has 0 saturated heterocycles. The summed E-state index contributed by atoms with van der Waals surface area (Å²) in [6.07, 6.45) is 6.87. The summed E-state index contributed by atoms with van der Waals surface area (Å²) in [4.78, 5) is 0. The van der Waals surface area contributed by atoms with Gasteiger partial charge in [-0.15, -0.1) is 13.8 Å². The van der Waals surface area contributed by atoms with E-state index in [1.54, 1.807) is 0 Å². The van der Waals surface area contributed by atoms with E-state index in [1.807, 2.05) is 0 Å². The predicted octanol–water partition coefficient (Wildman–Crippen LogP) is 6.22. The summed E-state index contributed by atoms with van der Waals surface area (Å²) in [6, 6.07) is 0. The second-order valence-corrected chi connectivity index (χ2v) is 7.25. The van der Waals surface area contributed by atoms with E-state index in [2.05, 4.69) is 81.4 Å². The van der Waals surface area contributed by atoms with Crippen molar-refractivity contribution in [1.82, 2.24) is 0 Å². The van der Waals surface area contributed by atoms with Crippen LogP contribution in [0.2, 0.25) is 0 Å². The van der Waals surface area contributed by atoms with Gasteiger partial charge in [0.1, 0.15) is 0 Å². The third-order valence-electron chi connectivity index (χ3n) is 5.12. The van der Waals surface area contributed by atoms with Gasteiger partial charge in [-0.1, -0.05) is 66.2 Å². The molecular formula is C20H30CuFe. The summed E-state index contributed by atoms with van der Waals surface area (Å²) < 4.78 is 0. The van der Waals surface area contributed by atoms with Crippen molar-refractivity contribution in [2.45, 2.75) is 69.2 Å². The Morgan fingerprint density at radius 2 is 0.818 bits per heavy atom. The van der Waals surface area contributed by atoms with Crippen LogP contribution < -0.4 is 0 Å². The number of hydrogen-bond acceptors (Lipinski definition) is 0. The molecule has 2 rings (SSSR count). The molecule has 0 amide bonds. The van der Waals surface area contributed by atoms with Crippen molar-refractivity contribution >= 4 is 0 Å². The van der Waals surface area contributed by atoms with Crippen molar-refractivity contribution in [3.8, 4) is 0 Å². The molecule has 0 saturated carbocycles. The Labute approximate surface area is 159 Å². The molecule has 0 bridgehead atoms. The zero-order valence-electron chi connectivity index (χ0n) is 15.7. The fraction of sp³-hybridized carbons (Fsp3) is 0.600. The van der Waals surface area contributed by atoms with Gasteiger partial charge in [0.25, 0.3) is 0 Å². The first-order valence-electron chi connectivity index (χ1n) is 7.50. The van der Waals surface area contributed by atoms with Crippen molar-refractivity contribution in [2.75, 3.05) is 0 Å². The van der Waals surface area contributed by atoms with Crippen molar-refractivity contribution in [3.63, 3.8) is 0 Å². The summed E-state index contributed by atoms with van der Waals surface area (Å²) >= 11 is 0. The molecule has 2 aliphatic carbocycles. The molecule has 0 heterocycles. The molecule has 22 heavy (non-hydrogen) atoms. The Kier molecular flexibility index (Phi) is 9.04. The topological polar surface area (TPSA) is 0 Å². The largest absolute Gasteiger partial charge is 2.00 e. The monoisotopic (exact) mass is 389 g/mol. The van der Waals surface area contributed by atoms with E-state index < -0.39 is 0 Å². The van der Waals surface area contributed by atoms with Crippen molar-refractivity contribution in [1.29, 1.82) is 0 Å². The van der Waals surface area contributed by atoms with Crippen molar-refractivity contribution in [2.24, 2.45) is 10.8 Å². The maximum Gasteiger partial charge on any atom is 2.00 e. The average Bonchev–Trinajstić information content (AvgIpc) is 2.60. The van der Waals surface area contributed by atoms with Gasteiger partial charge in [0.15, 0.2) is 0 Å². The first kappa shape index (κ1) is 24.3. The normalized spacial score (nSPS) is 21.4. The van der Waals surface area contributed by atoms with Crippen LogP contribution >= 0.6 is 0 Å². The quantitative estimate of drug-likeness (QED) is 0.341. The molecular weight excluding hydrogens is 360 g/mol. The third kappa shape index (κ3) is 5.00.